The Bertz CT molecular complexity index is 5000. The number of rotatable bonds is 5. The standard InChI is InChI=1S/C51H60B28N6/c52-15-7(8-16(53)24(61)31(68)25(62)17(8)54)18(55)37(74)45-9(15)10-19(56)26(63)34(71)40(77)46(10)84(45)50-80-49(81-51(82-50)85-47-13(22(59)29(66)35(72)41(47)78)14-23(60)30(67)36(73)42(79)48(14)85)5-3-1-2-4-6(5)83-43-11(20(57)27(64)32(69)38(43)75)12-21(58)28(65)33(70)39(76)44(12)83/h1-4H,52-79H2. The summed E-state index contributed by atoms with van der Waals surface area (Å²) in [6, 6.07) is 8.94. The predicted octanol–water partition coefficient (Wildman–Crippen LogP) is -36.3. The van der Waals surface area contributed by atoms with Gasteiger partial charge in [-0.3, -0.25) is 9.13 Å². The monoisotopic (exact) mass is 1060 g/mol. The Balaban J connectivity index is 1.34. The number of fused-ring (bicyclic) bond motifs is 9. The zero-order valence-electron chi connectivity index (χ0n) is 56.5. The topological polar surface area (TPSA) is 53.5 Å². The summed E-state index contributed by atoms with van der Waals surface area (Å²) in [5.74, 6) is 1.84. The van der Waals surface area contributed by atoms with Crippen LogP contribution < -0.4 is 153 Å². The highest BCUT2D eigenvalue weighted by Gasteiger charge is 2.32. The van der Waals surface area contributed by atoms with Gasteiger partial charge in [0, 0.05) is 44.0 Å². The van der Waals surface area contributed by atoms with E-state index in [1.165, 1.54) is 207 Å². The summed E-state index contributed by atoms with van der Waals surface area (Å²) in [5, 5.41) is 7.74. The molecule has 0 radical (unpaired) electrons. The van der Waals surface area contributed by atoms with Crippen LogP contribution in [0.3, 0.4) is 0 Å². The molecule has 0 aliphatic carbocycles. The molecular formula is C51H60B28N6. The zero-order valence-corrected chi connectivity index (χ0v) is 56.5. The maximum atomic E-state index is 6.04. The van der Waals surface area contributed by atoms with Gasteiger partial charge in [-0.25, -0.2) is 0 Å². The van der Waals surface area contributed by atoms with Crippen LogP contribution in [0.25, 0.3) is 106 Å². The first-order valence-corrected chi connectivity index (χ1v) is 30.9. The highest BCUT2D eigenvalue weighted by atomic mass is 15.3. The molecule has 85 heavy (non-hydrogen) atoms. The molecular weight excluding hydrogens is 999 g/mol. The van der Waals surface area contributed by atoms with Gasteiger partial charge in [-0.2, -0.15) is 15.0 Å². The Morgan fingerprint density at radius 1 is 0.212 bits per heavy atom. The van der Waals surface area contributed by atoms with Crippen molar-refractivity contribution in [3.8, 4) is 40.1 Å². The fourth-order valence-corrected chi connectivity index (χ4v) is 15.9. The lowest BCUT2D eigenvalue weighted by atomic mass is 9.57. The van der Waals surface area contributed by atoms with Crippen LogP contribution in [-0.2, 0) is 0 Å². The Morgan fingerprint density at radius 2 is 0.435 bits per heavy atom. The predicted molar refractivity (Wildman–Crippen MR) is 463 cm³/mol. The summed E-state index contributed by atoms with van der Waals surface area (Å²) >= 11 is 0. The molecule has 0 fully saturated rings. The molecule has 0 amide bonds. The molecule has 0 N–H and O–H groups in total. The van der Waals surface area contributed by atoms with E-state index in [1.807, 2.05) is 0 Å². The number of benzene rings is 8. The molecule has 34 heteroatoms. The molecule has 12 rings (SSSR count). The van der Waals surface area contributed by atoms with E-state index in [1.54, 1.807) is 0 Å². The van der Waals surface area contributed by atoms with Crippen LogP contribution in [0.15, 0.2) is 24.3 Å². The van der Waals surface area contributed by atoms with Crippen LogP contribution in [0.1, 0.15) is 0 Å². The Labute approximate surface area is 527 Å². The third kappa shape index (κ3) is 7.75. The first-order valence-electron chi connectivity index (χ1n) is 30.9. The Kier molecular flexibility index (Phi) is 14.2. The summed E-state index contributed by atoms with van der Waals surface area (Å²) in [6.45, 7) is 0. The van der Waals surface area contributed by atoms with E-state index < -0.39 is 0 Å². The van der Waals surface area contributed by atoms with E-state index in [0.29, 0.717) is 17.7 Å². The van der Waals surface area contributed by atoms with Crippen molar-refractivity contribution in [2.45, 2.75) is 0 Å². The summed E-state index contributed by atoms with van der Waals surface area (Å²) in [5.41, 5.74) is 48.4. The van der Waals surface area contributed by atoms with Gasteiger partial charge in [0.2, 0.25) is 11.9 Å². The average Bonchev–Trinajstić information content (AvgIpc) is 1.64. The lowest BCUT2D eigenvalue weighted by Crippen LogP contribution is -2.56. The maximum absolute atomic E-state index is 6.04. The fourth-order valence-electron chi connectivity index (χ4n) is 15.9. The lowest BCUT2D eigenvalue weighted by molar-refractivity contribution is 0.895. The van der Waals surface area contributed by atoms with Crippen molar-refractivity contribution >= 4 is 438 Å². The van der Waals surface area contributed by atoms with E-state index >= 15 is 0 Å². The molecule has 6 nitrogen and oxygen atoms in total. The van der Waals surface area contributed by atoms with Gasteiger partial charge >= 0.3 is 0 Å². The maximum Gasteiger partial charge on any atom is 0.240 e. The highest BCUT2D eigenvalue weighted by Crippen LogP contribution is 2.35. The van der Waals surface area contributed by atoms with Crippen molar-refractivity contribution in [2.75, 3.05) is 0 Å². The van der Waals surface area contributed by atoms with Crippen LogP contribution in [-0.4, -0.2) is 248 Å². The van der Waals surface area contributed by atoms with Gasteiger partial charge in [0.15, 0.2) is 5.82 Å². The molecule has 378 valence electrons. The molecule has 0 bridgehead atoms. The SMILES string of the molecule is Bc1c(B)c(B)c(-c2c(B)c(B)c3c(c2B)c2c(B)c(B)c(B)c(B)c2n3-c2nc(-c3ccccc3-n3c4c(B)c(B)c(B)c(B)c4c4c(B)c(B)c(B)c(B)c43)nc(-n3c4c(B)c(B)c(B)c(B)c4c4c(B)c(B)c(B)c(B)c43)n2)c(B)c1B. The molecule has 4 heterocycles. The van der Waals surface area contributed by atoms with Gasteiger partial charge in [0.1, 0.15) is 220 Å². The second kappa shape index (κ2) is 20.3. The summed E-state index contributed by atoms with van der Waals surface area (Å²) < 4.78 is 7.50. The van der Waals surface area contributed by atoms with E-state index in [9.17, 15) is 0 Å². The molecule has 0 saturated heterocycles. The quantitative estimate of drug-likeness (QED) is 0.161. The third-order valence-electron chi connectivity index (χ3n) is 23.3. The van der Waals surface area contributed by atoms with Crippen LogP contribution in [0, 0.1) is 0 Å². The highest BCUT2D eigenvalue weighted by molar-refractivity contribution is 6.76. The van der Waals surface area contributed by atoms with Gasteiger partial charge in [0.05, 0.1) is 5.69 Å². The molecule has 0 saturated carbocycles. The van der Waals surface area contributed by atoms with Crippen molar-refractivity contribution in [3.63, 3.8) is 0 Å². The van der Waals surface area contributed by atoms with E-state index in [-0.39, 0.29) is 0 Å². The molecule has 12 aromatic rings. The summed E-state index contributed by atoms with van der Waals surface area (Å²) in [7, 11) is 64.9. The number of hydrogen-bond donors (Lipinski definition) is 0. The molecule has 0 aliphatic rings. The van der Waals surface area contributed by atoms with Crippen molar-refractivity contribution in [1.29, 1.82) is 0 Å². The smallest absolute Gasteiger partial charge is 0.240 e. The zero-order chi connectivity index (χ0) is 61.8. The molecule has 4 aromatic heterocycles. The largest absolute Gasteiger partial charge is 0.310 e. The second-order valence-electron chi connectivity index (χ2n) is 26.4. The molecule has 0 atom stereocenters. The van der Waals surface area contributed by atoms with E-state index in [2.05, 4.69) is 258 Å². The third-order valence-corrected chi connectivity index (χ3v) is 23.3. The summed E-state index contributed by atoms with van der Waals surface area (Å²) in [6.07, 6.45) is 0. The minimum absolute atomic E-state index is 0.607. The molecule has 0 spiro atoms. The van der Waals surface area contributed by atoms with Gasteiger partial charge in [0.25, 0.3) is 0 Å². The van der Waals surface area contributed by atoms with Crippen molar-refractivity contribution in [3.05, 3.63) is 24.3 Å². The van der Waals surface area contributed by atoms with Crippen molar-refractivity contribution in [2.24, 2.45) is 0 Å². The average molecular weight is 1060 g/mol. The van der Waals surface area contributed by atoms with Gasteiger partial charge < -0.3 is 4.57 Å². The summed E-state index contributed by atoms with van der Waals surface area (Å²) in [4.78, 5) is 18.0. The minimum Gasteiger partial charge on any atom is -0.310 e. The van der Waals surface area contributed by atoms with Crippen molar-refractivity contribution < 1.29 is 0 Å². The first-order chi connectivity index (χ1) is 39.9. The van der Waals surface area contributed by atoms with Gasteiger partial charge in [-0.15, -0.1) is 43.7 Å². The minimum atomic E-state index is 0.607. The fraction of sp³-hybridized carbons (Fsp3) is 0. The molecule has 0 unspecified atom stereocenters. The van der Waals surface area contributed by atoms with Crippen LogP contribution >= 0.6 is 0 Å². The lowest BCUT2D eigenvalue weighted by Gasteiger charge is -2.25. The second-order valence-corrected chi connectivity index (χ2v) is 26.4. The van der Waals surface area contributed by atoms with Gasteiger partial charge in [-0.1, -0.05) is 121 Å². The Hall–Kier alpha value is -6.01. The van der Waals surface area contributed by atoms with Crippen LogP contribution in [0.5, 0.6) is 0 Å². The van der Waals surface area contributed by atoms with Crippen LogP contribution in [0.4, 0.5) is 0 Å². The van der Waals surface area contributed by atoms with Crippen molar-refractivity contribution in [1.82, 2.24) is 28.7 Å². The number of para-hydroxylation sites is 1. The van der Waals surface area contributed by atoms with Crippen LogP contribution in [0.2, 0.25) is 0 Å². The normalized spacial score (nSPS) is 11.9. The number of hydrogen-bond acceptors (Lipinski definition) is 3. The van der Waals surface area contributed by atoms with Gasteiger partial charge in [-0.05, 0) is 50.2 Å². The Morgan fingerprint density at radius 3 is 0.765 bits per heavy atom. The molecule has 0 aliphatic heterocycles. The molecule has 8 aromatic carbocycles. The van der Waals surface area contributed by atoms with E-state index in [4.69, 9.17) is 15.0 Å². The number of nitrogens with zero attached hydrogens (tertiary/aromatic N) is 6. The van der Waals surface area contributed by atoms with E-state index in [0.717, 1.165) is 33.3 Å². The number of aromatic nitrogens is 6. The first kappa shape index (κ1) is 59.3.